The number of hydrogen-bond donors (Lipinski definition) is 0. The molecule has 3 heteroatoms. The van der Waals surface area contributed by atoms with Crippen LogP contribution in [0.25, 0.3) is 0 Å². The van der Waals surface area contributed by atoms with E-state index in [2.05, 4.69) is 19.9 Å². The van der Waals surface area contributed by atoms with Crippen LogP contribution < -0.4 is 0 Å². The van der Waals surface area contributed by atoms with Gasteiger partial charge in [0.05, 0.1) is 6.07 Å². The van der Waals surface area contributed by atoms with Crippen molar-refractivity contribution in [3.63, 3.8) is 0 Å². The third-order valence-electron chi connectivity index (χ3n) is 6.26. The first-order valence-corrected chi connectivity index (χ1v) is 8.46. The largest absolute Gasteiger partial charge is 0.330 e. The topological polar surface area (TPSA) is 44.1 Å². The van der Waals surface area contributed by atoms with Crippen LogP contribution in [-0.4, -0.2) is 23.9 Å². The number of carbonyl (C=O) groups is 1. The Morgan fingerprint density at radius 3 is 2.29 bits per heavy atom. The fourth-order valence-electron chi connectivity index (χ4n) is 6.78. The van der Waals surface area contributed by atoms with Crippen LogP contribution in [0, 0.1) is 33.5 Å². The molecule has 0 radical (unpaired) electrons. The third kappa shape index (κ3) is 2.58. The fraction of sp³-hybridized carbons (Fsp3) is 0.889. The van der Waals surface area contributed by atoms with Crippen LogP contribution in [0.15, 0.2) is 0 Å². The maximum absolute atomic E-state index is 12.6. The molecule has 4 aliphatic rings. The molecule has 0 aromatic carbocycles. The molecule has 3 nitrogen and oxygen atoms in total. The van der Waals surface area contributed by atoms with Gasteiger partial charge in [0.15, 0.2) is 0 Å². The zero-order valence-corrected chi connectivity index (χ0v) is 13.7. The van der Waals surface area contributed by atoms with Crippen LogP contribution in [0.3, 0.4) is 0 Å². The normalized spacial score (nSPS) is 43.6. The van der Waals surface area contributed by atoms with Crippen LogP contribution in [0.1, 0.15) is 65.7 Å². The van der Waals surface area contributed by atoms with E-state index in [1.807, 2.05) is 6.92 Å². The summed E-state index contributed by atoms with van der Waals surface area (Å²) in [4.78, 5) is 14.4. The summed E-state index contributed by atoms with van der Waals surface area (Å²) in [5, 5.41) is 8.88. The van der Waals surface area contributed by atoms with Crippen molar-refractivity contribution in [2.24, 2.45) is 22.2 Å². The second kappa shape index (κ2) is 4.73. The molecule has 0 spiro atoms. The van der Waals surface area contributed by atoms with Crippen LogP contribution in [-0.2, 0) is 4.79 Å². The number of amides is 1. The molecule has 0 aromatic heterocycles. The second-order valence-corrected chi connectivity index (χ2v) is 8.87. The molecular weight excluding hydrogens is 260 g/mol. The Morgan fingerprint density at radius 2 is 1.81 bits per heavy atom. The predicted octanol–water partition coefficient (Wildman–Crippen LogP) is 3.75. The molecule has 0 N–H and O–H groups in total. The minimum atomic E-state index is 0.202. The van der Waals surface area contributed by atoms with Gasteiger partial charge in [-0.05, 0) is 67.6 Å². The van der Waals surface area contributed by atoms with Crippen molar-refractivity contribution in [3.8, 4) is 6.07 Å². The summed E-state index contributed by atoms with van der Waals surface area (Å²) >= 11 is 0. The lowest BCUT2D eigenvalue weighted by atomic mass is 9.40. The van der Waals surface area contributed by atoms with Crippen molar-refractivity contribution in [1.29, 1.82) is 5.26 Å². The Hall–Kier alpha value is -1.04. The van der Waals surface area contributed by atoms with Gasteiger partial charge in [0.2, 0.25) is 5.91 Å². The monoisotopic (exact) mass is 288 g/mol. The van der Waals surface area contributed by atoms with Crippen molar-refractivity contribution in [3.05, 3.63) is 0 Å². The van der Waals surface area contributed by atoms with Crippen molar-refractivity contribution in [2.75, 3.05) is 13.1 Å². The van der Waals surface area contributed by atoms with Gasteiger partial charge in [-0.1, -0.05) is 13.8 Å². The summed E-state index contributed by atoms with van der Waals surface area (Å²) < 4.78 is 0. The van der Waals surface area contributed by atoms with Gasteiger partial charge in [0.1, 0.15) is 6.54 Å². The Morgan fingerprint density at radius 1 is 1.19 bits per heavy atom. The molecule has 1 amide bonds. The number of rotatable bonds is 4. The van der Waals surface area contributed by atoms with Gasteiger partial charge in [-0.3, -0.25) is 4.79 Å². The van der Waals surface area contributed by atoms with Crippen LogP contribution in [0.5, 0.6) is 0 Å². The van der Waals surface area contributed by atoms with Crippen molar-refractivity contribution >= 4 is 5.91 Å². The molecule has 2 atom stereocenters. The third-order valence-corrected chi connectivity index (χ3v) is 6.26. The van der Waals surface area contributed by atoms with Gasteiger partial charge in [0.25, 0.3) is 0 Å². The lowest BCUT2D eigenvalue weighted by Crippen LogP contribution is -2.56. The van der Waals surface area contributed by atoms with Crippen molar-refractivity contribution in [2.45, 2.75) is 65.7 Å². The lowest BCUT2D eigenvalue weighted by Gasteiger charge is -2.65. The smallest absolute Gasteiger partial charge is 0.223 e. The predicted molar refractivity (Wildman–Crippen MR) is 82.3 cm³/mol. The average Bonchev–Trinajstić information content (AvgIpc) is 2.30. The van der Waals surface area contributed by atoms with E-state index in [1.165, 1.54) is 38.5 Å². The highest BCUT2D eigenvalue weighted by Crippen LogP contribution is 2.70. The molecular formula is C18H28N2O. The highest BCUT2D eigenvalue weighted by molar-refractivity contribution is 5.77. The van der Waals surface area contributed by atoms with Gasteiger partial charge >= 0.3 is 0 Å². The van der Waals surface area contributed by atoms with Gasteiger partial charge in [-0.2, -0.15) is 5.26 Å². The standard InChI is InChI=1S/C18H28N2O/c1-4-20(6-5-19)15(21)10-18-9-14-7-16(2,12-18)11-17(3,8-14)13-18/h14H,4,6-13H2,1-3H3. The molecule has 2 unspecified atom stereocenters. The summed E-state index contributed by atoms with van der Waals surface area (Å²) in [6.45, 7) is 7.75. The first-order chi connectivity index (χ1) is 9.81. The minimum Gasteiger partial charge on any atom is -0.330 e. The van der Waals surface area contributed by atoms with E-state index in [-0.39, 0.29) is 17.9 Å². The molecule has 4 bridgehead atoms. The fourth-order valence-corrected chi connectivity index (χ4v) is 6.78. The lowest BCUT2D eigenvalue weighted by molar-refractivity contribution is -0.160. The zero-order chi connectivity index (χ0) is 15.3. The molecule has 0 aliphatic heterocycles. The Kier molecular flexibility index (Phi) is 3.35. The van der Waals surface area contributed by atoms with Gasteiger partial charge in [-0.25, -0.2) is 0 Å². The first kappa shape index (κ1) is 14.9. The maximum Gasteiger partial charge on any atom is 0.223 e. The Bertz CT molecular complexity index is 474. The van der Waals surface area contributed by atoms with Crippen LogP contribution in [0.2, 0.25) is 0 Å². The van der Waals surface area contributed by atoms with E-state index in [1.54, 1.807) is 4.90 Å². The molecule has 21 heavy (non-hydrogen) atoms. The van der Waals surface area contributed by atoms with Crippen LogP contribution in [0.4, 0.5) is 0 Å². The zero-order valence-electron chi connectivity index (χ0n) is 13.7. The summed E-state index contributed by atoms with van der Waals surface area (Å²) in [6, 6.07) is 2.13. The highest BCUT2D eigenvalue weighted by atomic mass is 16.2. The highest BCUT2D eigenvalue weighted by Gasteiger charge is 2.60. The average molecular weight is 288 g/mol. The summed E-state index contributed by atoms with van der Waals surface area (Å²) in [7, 11) is 0. The van der Waals surface area contributed by atoms with E-state index >= 15 is 0 Å². The molecule has 4 rings (SSSR count). The molecule has 4 fully saturated rings. The molecule has 4 saturated carbocycles. The van der Waals surface area contributed by atoms with E-state index in [9.17, 15) is 4.79 Å². The Balaban J connectivity index is 1.79. The SMILES string of the molecule is CCN(CC#N)C(=O)CC12CC3CC(C)(CC(C)(C3)C1)C2. The van der Waals surface area contributed by atoms with Crippen LogP contribution >= 0.6 is 0 Å². The first-order valence-electron chi connectivity index (χ1n) is 8.46. The minimum absolute atomic E-state index is 0.202. The molecule has 0 aromatic rings. The number of carbonyl (C=O) groups excluding carboxylic acids is 1. The van der Waals surface area contributed by atoms with E-state index < -0.39 is 0 Å². The van der Waals surface area contributed by atoms with E-state index in [4.69, 9.17) is 5.26 Å². The van der Waals surface area contributed by atoms with Gasteiger partial charge < -0.3 is 4.90 Å². The van der Waals surface area contributed by atoms with E-state index in [0.717, 1.165) is 5.92 Å². The van der Waals surface area contributed by atoms with Crippen molar-refractivity contribution < 1.29 is 4.79 Å². The van der Waals surface area contributed by atoms with Gasteiger partial charge in [0, 0.05) is 13.0 Å². The van der Waals surface area contributed by atoms with Gasteiger partial charge in [-0.15, -0.1) is 0 Å². The Labute approximate surface area is 128 Å². The van der Waals surface area contributed by atoms with Crippen molar-refractivity contribution in [1.82, 2.24) is 4.90 Å². The summed E-state index contributed by atoms with van der Waals surface area (Å²) in [5.74, 6) is 1.03. The quantitative estimate of drug-likeness (QED) is 0.740. The molecule has 0 heterocycles. The number of nitrogens with zero attached hydrogens (tertiary/aromatic N) is 2. The second-order valence-electron chi connectivity index (χ2n) is 8.87. The molecule has 0 saturated heterocycles. The molecule has 116 valence electrons. The number of hydrogen-bond acceptors (Lipinski definition) is 2. The maximum atomic E-state index is 12.6. The van der Waals surface area contributed by atoms with E-state index in [0.29, 0.717) is 23.8 Å². The molecule has 4 aliphatic carbocycles. The summed E-state index contributed by atoms with van der Waals surface area (Å²) in [6.07, 6.45) is 8.45. The number of nitriles is 1. The summed E-state index contributed by atoms with van der Waals surface area (Å²) in [5.41, 5.74) is 1.14.